The molecule has 8 nitrogen and oxygen atoms in total. The first kappa shape index (κ1) is 30.2. The van der Waals surface area contributed by atoms with Crippen molar-refractivity contribution in [3.05, 3.63) is 82.5 Å². The summed E-state index contributed by atoms with van der Waals surface area (Å²) in [5.74, 6) is 3.68. The average molecular weight is 596 g/mol. The smallest absolute Gasteiger partial charge is 0.222 e. The molecule has 2 heterocycles. The fourth-order valence-corrected chi connectivity index (χ4v) is 6.33. The van der Waals surface area contributed by atoms with Gasteiger partial charge in [-0.2, -0.15) is 4.98 Å². The van der Waals surface area contributed by atoms with Crippen LogP contribution in [-0.4, -0.2) is 67.9 Å². The second-order valence-electron chi connectivity index (χ2n) is 12.1. The molecule has 3 aliphatic rings. The number of hydrogen-bond donors (Lipinski definition) is 1. The van der Waals surface area contributed by atoms with E-state index in [1.54, 1.807) is 7.11 Å². The van der Waals surface area contributed by atoms with Gasteiger partial charge in [0.25, 0.3) is 0 Å². The van der Waals surface area contributed by atoms with E-state index >= 15 is 0 Å². The summed E-state index contributed by atoms with van der Waals surface area (Å²) in [7, 11) is 1.67. The number of nitrogen functional groups attached to an aromatic ring is 1. The summed E-state index contributed by atoms with van der Waals surface area (Å²) in [6, 6.07) is 14.3. The van der Waals surface area contributed by atoms with Crippen LogP contribution >= 0.6 is 0 Å². The lowest BCUT2D eigenvalue weighted by atomic mass is 9.88. The summed E-state index contributed by atoms with van der Waals surface area (Å²) in [6.07, 6.45) is 8.62. The lowest BCUT2D eigenvalue weighted by Crippen LogP contribution is -2.48. The van der Waals surface area contributed by atoms with Crippen molar-refractivity contribution in [2.45, 2.75) is 46.1 Å². The Kier molecular flexibility index (Phi) is 9.48. The number of aryl methyl sites for hydroxylation is 1. The van der Waals surface area contributed by atoms with Crippen molar-refractivity contribution in [1.29, 1.82) is 0 Å². The van der Waals surface area contributed by atoms with E-state index in [0.29, 0.717) is 18.5 Å². The number of anilines is 2. The molecular formula is C36H45N5O3. The number of methoxy groups -OCH3 is 1. The highest BCUT2D eigenvalue weighted by Crippen LogP contribution is 2.38. The molecule has 0 spiro atoms. The van der Waals surface area contributed by atoms with Crippen LogP contribution in [0.15, 0.2) is 65.8 Å². The summed E-state index contributed by atoms with van der Waals surface area (Å²) in [5.41, 5.74) is 14.8. The highest BCUT2D eigenvalue weighted by atomic mass is 16.5. The molecule has 0 amide bonds. The van der Waals surface area contributed by atoms with Crippen LogP contribution in [0.5, 0.6) is 11.5 Å². The lowest BCUT2D eigenvalue weighted by Gasteiger charge is -2.37. The largest absolute Gasteiger partial charge is 0.497 e. The molecule has 2 N–H and O–H groups in total. The fourth-order valence-electron chi connectivity index (χ4n) is 6.33. The third-order valence-corrected chi connectivity index (χ3v) is 9.26. The van der Waals surface area contributed by atoms with Gasteiger partial charge in [-0.25, -0.2) is 4.98 Å². The molecule has 44 heavy (non-hydrogen) atoms. The number of benzene rings is 2. The Morgan fingerprint density at radius 1 is 0.932 bits per heavy atom. The Labute approximate surface area is 261 Å². The molecule has 0 bridgehead atoms. The summed E-state index contributed by atoms with van der Waals surface area (Å²) < 4.78 is 17.4. The summed E-state index contributed by atoms with van der Waals surface area (Å²) in [4.78, 5) is 14.3. The third-order valence-electron chi connectivity index (χ3n) is 9.26. The fraction of sp³-hybridized carbons (Fsp3) is 0.444. The SMILES string of the molecule is CCC(C)C1=CC=C(COCCN2CCN(c3nc(N)nc4c3CCc3cc(OCc5ccc(OC)cc5)ccc3-4)CC2)C1. The Hall–Kier alpha value is -3.88. The zero-order chi connectivity index (χ0) is 30.5. The van der Waals surface area contributed by atoms with E-state index in [1.165, 1.54) is 28.7 Å². The van der Waals surface area contributed by atoms with Crippen molar-refractivity contribution >= 4 is 11.8 Å². The predicted octanol–water partition coefficient (Wildman–Crippen LogP) is 5.85. The van der Waals surface area contributed by atoms with Crippen molar-refractivity contribution < 1.29 is 14.2 Å². The van der Waals surface area contributed by atoms with Gasteiger partial charge in [0.1, 0.15) is 23.9 Å². The van der Waals surface area contributed by atoms with Crippen LogP contribution in [0.2, 0.25) is 0 Å². The number of piperazine rings is 1. The van der Waals surface area contributed by atoms with Crippen LogP contribution in [0.4, 0.5) is 11.8 Å². The van der Waals surface area contributed by atoms with Crippen LogP contribution in [-0.2, 0) is 24.2 Å². The van der Waals surface area contributed by atoms with Gasteiger partial charge in [-0.1, -0.05) is 43.7 Å². The molecule has 0 saturated carbocycles. The van der Waals surface area contributed by atoms with Gasteiger partial charge in [-0.15, -0.1) is 0 Å². The number of nitrogens with two attached hydrogens (primary N) is 1. The first-order valence-electron chi connectivity index (χ1n) is 16.0. The molecule has 2 aromatic carbocycles. The monoisotopic (exact) mass is 595 g/mol. The van der Waals surface area contributed by atoms with E-state index in [4.69, 9.17) is 29.9 Å². The molecule has 1 unspecified atom stereocenters. The van der Waals surface area contributed by atoms with Crippen molar-refractivity contribution in [3.8, 4) is 22.8 Å². The van der Waals surface area contributed by atoms with Crippen LogP contribution in [0, 0.1) is 5.92 Å². The first-order valence-corrected chi connectivity index (χ1v) is 16.0. The maximum absolute atomic E-state index is 6.28. The lowest BCUT2D eigenvalue weighted by molar-refractivity contribution is 0.116. The van der Waals surface area contributed by atoms with E-state index in [1.807, 2.05) is 30.3 Å². The van der Waals surface area contributed by atoms with Gasteiger partial charge >= 0.3 is 0 Å². The minimum Gasteiger partial charge on any atom is -0.497 e. The molecule has 0 radical (unpaired) electrons. The zero-order valence-electron chi connectivity index (χ0n) is 26.3. The Balaban J connectivity index is 1.02. The van der Waals surface area contributed by atoms with Gasteiger partial charge in [-0.3, -0.25) is 4.90 Å². The van der Waals surface area contributed by atoms with Crippen LogP contribution in [0.1, 0.15) is 43.4 Å². The molecule has 8 heteroatoms. The normalized spacial score (nSPS) is 17.0. The number of fused-ring (bicyclic) bond motifs is 3. The third kappa shape index (κ3) is 6.92. The average Bonchev–Trinajstić information content (AvgIpc) is 3.54. The second-order valence-corrected chi connectivity index (χ2v) is 12.1. The molecule has 1 atom stereocenters. The first-order chi connectivity index (χ1) is 21.5. The standard InChI is InChI=1S/C36H45N5O3/c1-4-25(2)28-8-5-27(21-28)23-43-20-19-40-15-17-41(18-16-40)35-33-13-9-29-22-31(12-14-32(29)34(33)38-36(37)39-35)44-24-26-6-10-30(42-3)11-7-26/h5-8,10-12,14,22,25H,4,9,13,15-21,23-24H2,1-3H3,(H2,37,38,39). The van der Waals surface area contributed by atoms with Gasteiger partial charge in [0, 0.05) is 43.9 Å². The molecule has 2 aliphatic carbocycles. The highest BCUT2D eigenvalue weighted by molar-refractivity contribution is 5.76. The molecule has 232 valence electrons. The number of hydrogen-bond acceptors (Lipinski definition) is 8. The van der Waals surface area contributed by atoms with E-state index in [0.717, 1.165) is 99.3 Å². The minimum absolute atomic E-state index is 0.328. The van der Waals surface area contributed by atoms with Gasteiger partial charge in [-0.05, 0) is 78.6 Å². The minimum atomic E-state index is 0.328. The number of nitrogens with zero attached hydrogens (tertiary/aromatic N) is 4. The maximum atomic E-state index is 6.28. The maximum Gasteiger partial charge on any atom is 0.222 e. The zero-order valence-corrected chi connectivity index (χ0v) is 26.3. The van der Waals surface area contributed by atoms with Gasteiger partial charge < -0.3 is 24.8 Å². The van der Waals surface area contributed by atoms with Gasteiger partial charge in [0.15, 0.2) is 0 Å². The topological polar surface area (TPSA) is 86.0 Å². The number of ether oxygens (including phenoxy) is 3. The summed E-state index contributed by atoms with van der Waals surface area (Å²) in [6.45, 7) is 11.3. The molecule has 6 rings (SSSR count). The van der Waals surface area contributed by atoms with Crippen molar-refractivity contribution in [2.75, 3.05) is 63.7 Å². The number of allylic oxidation sites excluding steroid dienone is 3. The molecule has 3 aromatic rings. The quantitative estimate of drug-likeness (QED) is 0.261. The number of rotatable bonds is 12. The van der Waals surface area contributed by atoms with Crippen LogP contribution in [0.3, 0.4) is 0 Å². The predicted molar refractivity (Wildman–Crippen MR) is 176 cm³/mol. The molecule has 1 saturated heterocycles. The molecule has 1 fully saturated rings. The van der Waals surface area contributed by atoms with Crippen molar-refractivity contribution in [2.24, 2.45) is 5.92 Å². The number of aromatic nitrogens is 2. The van der Waals surface area contributed by atoms with Crippen molar-refractivity contribution in [1.82, 2.24) is 14.9 Å². The van der Waals surface area contributed by atoms with Gasteiger partial charge in [0.2, 0.25) is 5.95 Å². The Morgan fingerprint density at radius 2 is 1.73 bits per heavy atom. The van der Waals surface area contributed by atoms with Crippen LogP contribution < -0.4 is 20.1 Å². The van der Waals surface area contributed by atoms with E-state index < -0.39 is 0 Å². The summed E-state index contributed by atoms with van der Waals surface area (Å²) in [5, 5.41) is 0. The van der Waals surface area contributed by atoms with Crippen molar-refractivity contribution in [3.63, 3.8) is 0 Å². The summed E-state index contributed by atoms with van der Waals surface area (Å²) >= 11 is 0. The van der Waals surface area contributed by atoms with E-state index in [2.05, 4.69) is 47.9 Å². The Morgan fingerprint density at radius 3 is 2.50 bits per heavy atom. The molecular weight excluding hydrogens is 550 g/mol. The molecule has 1 aromatic heterocycles. The Bertz CT molecular complexity index is 1510. The van der Waals surface area contributed by atoms with E-state index in [9.17, 15) is 0 Å². The van der Waals surface area contributed by atoms with E-state index in [-0.39, 0.29) is 0 Å². The second kappa shape index (κ2) is 13.8. The highest BCUT2D eigenvalue weighted by Gasteiger charge is 2.27. The van der Waals surface area contributed by atoms with Crippen LogP contribution in [0.25, 0.3) is 11.3 Å². The van der Waals surface area contributed by atoms with Gasteiger partial charge in [0.05, 0.1) is 26.0 Å². The molecule has 1 aliphatic heterocycles.